The van der Waals surface area contributed by atoms with E-state index >= 15 is 0 Å². The quantitative estimate of drug-likeness (QED) is 0.234. The van der Waals surface area contributed by atoms with Crippen molar-refractivity contribution < 1.29 is 23.8 Å². The molecule has 1 aliphatic rings. The predicted octanol–water partition coefficient (Wildman–Crippen LogP) is 6.33. The lowest BCUT2D eigenvalue weighted by atomic mass is 10.0. The average molecular weight is 569 g/mol. The molecule has 0 aliphatic carbocycles. The van der Waals surface area contributed by atoms with Gasteiger partial charge in [0.1, 0.15) is 0 Å². The number of aromatic nitrogens is 1. The number of aryl methyl sites for hydroxylation is 1. The molecule has 1 aromatic heterocycles. The van der Waals surface area contributed by atoms with E-state index < -0.39 is 5.97 Å². The second-order valence-corrected chi connectivity index (χ2v) is 10.0. The molecule has 9 heteroatoms. The summed E-state index contributed by atoms with van der Waals surface area (Å²) in [6.07, 6.45) is 2.30. The molecule has 0 atom stereocenters. The van der Waals surface area contributed by atoms with Crippen LogP contribution >= 0.6 is 23.2 Å². The zero-order valence-corrected chi connectivity index (χ0v) is 24.2. The topological polar surface area (TPSA) is 70.0 Å². The summed E-state index contributed by atoms with van der Waals surface area (Å²) in [6, 6.07) is 12.9. The summed E-state index contributed by atoms with van der Waals surface area (Å²) in [5.41, 5.74) is 5.40. The Bertz CT molecular complexity index is 1520. The molecular formula is C30H30Cl2N2O5. The minimum absolute atomic E-state index is 0.254. The Balaban J connectivity index is 1.70. The van der Waals surface area contributed by atoms with Crippen molar-refractivity contribution in [2.45, 2.75) is 27.2 Å². The van der Waals surface area contributed by atoms with Crippen LogP contribution in [-0.4, -0.2) is 49.2 Å². The van der Waals surface area contributed by atoms with E-state index in [0.717, 1.165) is 28.2 Å². The minimum atomic E-state index is -0.560. The third-order valence-electron chi connectivity index (χ3n) is 6.89. The molecule has 2 heterocycles. The van der Waals surface area contributed by atoms with E-state index in [1.54, 1.807) is 44.3 Å². The van der Waals surface area contributed by atoms with Crippen LogP contribution in [0.1, 0.15) is 29.4 Å². The third kappa shape index (κ3) is 5.42. The molecule has 204 valence electrons. The SMILES string of the molecule is COC(=O)C1=C(C)N(CCc2ccc(OC)c(OC)c2)C(=O)/C1=C\c1cc(C)n(-c2ccc(Cl)cc2Cl)c1C. The van der Waals surface area contributed by atoms with E-state index in [4.69, 9.17) is 37.4 Å². The molecule has 1 amide bonds. The molecule has 0 spiro atoms. The normalized spacial score (nSPS) is 14.4. The Morgan fingerprint density at radius 2 is 1.67 bits per heavy atom. The number of halogens is 2. The van der Waals surface area contributed by atoms with Gasteiger partial charge in [0, 0.05) is 28.7 Å². The first kappa shape index (κ1) is 28.3. The van der Waals surface area contributed by atoms with Crippen LogP contribution in [0.15, 0.2) is 59.3 Å². The fourth-order valence-electron chi connectivity index (χ4n) is 4.90. The first-order chi connectivity index (χ1) is 18.6. The van der Waals surface area contributed by atoms with E-state index in [-0.39, 0.29) is 17.1 Å². The lowest BCUT2D eigenvalue weighted by molar-refractivity contribution is -0.136. The van der Waals surface area contributed by atoms with E-state index in [2.05, 4.69) is 0 Å². The first-order valence-corrected chi connectivity index (χ1v) is 13.0. The molecule has 0 radical (unpaired) electrons. The molecule has 3 aromatic rings. The molecule has 0 fully saturated rings. The van der Waals surface area contributed by atoms with Crippen LogP contribution in [0.5, 0.6) is 11.5 Å². The number of methoxy groups -OCH3 is 3. The minimum Gasteiger partial charge on any atom is -0.493 e. The lowest BCUT2D eigenvalue weighted by Crippen LogP contribution is -2.27. The van der Waals surface area contributed by atoms with Crippen LogP contribution in [0.4, 0.5) is 0 Å². The number of esters is 1. The first-order valence-electron chi connectivity index (χ1n) is 12.3. The molecule has 0 N–H and O–H groups in total. The molecular weight excluding hydrogens is 539 g/mol. The molecule has 0 bridgehead atoms. The lowest BCUT2D eigenvalue weighted by Gasteiger charge is -2.18. The Hall–Kier alpha value is -3.68. The number of hydrogen-bond donors (Lipinski definition) is 0. The van der Waals surface area contributed by atoms with Crippen molar-refractivity contribution in [2.24, 2.45) is 0 Å². The van der Waals surface area contributed by atoms with Gasteiger partial charge in [-0.15, -0.1) is 0 Å². The van der Waals surface area contributed by atoms with E-state index in [1.165, 1.54) is 7.11 Å². The maximum atomic E-state index is 13.7. The molecule has 7 nitrogen and oxygen atoms in total. The van der Waals surface area contributed by atoms with Crippen LogP contribution in [0, 0.1) is 13.8 Å². The average Bonchev–Trinajstić information content (AvgIpc) is 3.32. The highest BCUT2D eigenvalue weighted by molar-refractivity contribution is 6.35. The number of hydrogen-bond acceptors (Lipinski definition) is 5. The predicted molar refractivity (Wildman–Crippen MR) is 153 cm³/mol. The van der Waals surface area contributed by atoms with Gasteiger partial charge in [-0.2, -0.15) is 0 Å². The number of benzene rings is 2. The molecule has 39 heavy (non-hydrogen) atoms. The van der Waals surface area contributed by atoms with Crippen LogP contribution in [0.2, 0.25) is 10.0 Å². The van der Waals surface area contributed by atoms with E-state index in [1.807, 2.05) is 48.7 Å². The number of nitrogens with zero attached hydrogens (tertiary/aromatic N) is 2. The fourth-order valence-corrected chi connectivity index (χ4v) is 5.39. The third-order valence-corrected chi connectivity index (χ3v) is 7.43. The Morgan fingerprint density at radius 3 is 2.31 bits per heavy atom. The van der Waals surface area contributed by atoms with Gasteiger partial charge in [-0.1, -0.05) is 29.3 Å². The van der Waals surface area contributed by atoms with Gasteiger partial charge < -0.3 is 23.7 Å². The summed E-state index contributed by atoms with van der Waals surface area (Å²) >= 11 is 12.6. The maximum absolute atomic E-state index is 13.7. The highest BCUT2D eigenvalue weighted by Gasteiger charge is 2.37. The Labute approximate surface area is 238 Å². The van der Waals surface area contributed by atoms with Gasteiger partial charge in [-0.3, -0.25) is 4.79 Å². The zero-order chi connectivity index (χ0) is 28.4. The number of amides is 1. The van der Waals surface area contributed by atoms with Gasteiger partial charge in [-0.05, 0) is 80.8 Å². The van der Waals surface area contributed by atoms with Crippen molar-refractivity contribution in [3.05, 3.63) is 91.9 Å². The monoisotopic (exact) mass is 568 g/mol. The summed E-state index contributed by atoms with van der Waals surface area (Å²) in [5, 5.41) is 1.05. The number of allylic oxidation sites excluding steroid dienone is 1. The summed E-state index contributed by atoms with van der Waals surface area (Å²) in [5.74, 6) is 0.422. The zero-order valence-electron chi connectivity index (χ0n) is 22.7. The van der Waals surface area contributed by atoms with Gasteiger partial charge >= 0.3 is 5.97 Å². The van der Waals surface area contributed by atoms with Crippen molar-refractivity contribution in [3.8, 4) is 17.2 Å². The van der Waals surface area contributed by atoms with E-state index in [9.17, 15) is 9.59 Å². The van der Waals surface area contributed by atoms with Crippen LogP contribution in [0.3, 0.4) is 0 Å². The highest BCUT2D eigenvalue weighted by Crippen LogP contribution is 2.35. The second kappa shape index (κ2) is 11.6. The summed E-state index contributed by atoms with van der Waals surface area (Å²) in [4.78, 5) is 28.1. The summed E-state index contributed by atoms with van der Waals surface area (Å²) < 4.78 is 17.8. The number of rotatable bonds is 8. The second-order valence-electron chi connectivity index (χ2n) is 9.16. The molecule has 2 aromatic carbocycles. The van der Waals surface area contributed by atoms with Crippen LogP contribution in [-0.2, 0) is 20.7 Å². The van der Waals surface area contributed by atoms with Gasteiger partial charge in [0.25, 0.3) is 5.91 Å². The standard InChI is InChI=1S/C30H30Cl2N2O5/c1-17-13-21(18(2)34(17)25-9-8-22(31)16-24(25)32)15-23-28(30(36)39-6)19(3)33(29(23)35)12-11-20-7-10-26(37-4)27(14-20)38-5/h7-10,13-16H,11-12H2,1-6H3/b23-15-. The number of carbonyl (C=O) groups excluding carboxylic acids is 2. The number of ether oxygens (including phenoxy) is 3. The summed E-state index contributed by atoms with van der Waals surface area (Å²) in [6.45, 7) is 6.02. The summed E-state index contributed by atoms with van der Waals surface area (Å²) in [7, 11) is 4.47. The fraction of sp³-hybridized carbons (Fsp3) is 0.267. The highest BCUT2D eigenvalue weighted by atomic mass is 35.5. The smallest absolute Gasteiger partial charge is 0.340 e. The van der Waals surface area contributed by atoms with Crippen molar-refractivity contribution in [1.29, 1.82) is 0 Å². The van der Waals surface area contributed by atoms with Gasteiger partial charge in [0.2, 0.25) is 0 Å². The molecule has 0 unspecified atom stereocenters. The van der Waals surface area contributed by atoms with Gasteiger partial charge in [-0.25, -0.2) is 4.79 Å². The Kier molecular flexibility index (Phi) is 8.42. The van der Waals surface area contributed by atoms with Gasteiger partial charge in [0.05, 0.1) is 43.2 Å². The van der Waals surface area contributed by atoms with Crippen molar-refractivity contribution in [3.63, 3.8) is 0 Å². The maximum Gasteiger partial charge on any atom is 0.340 e. The molecule has 1 aliphatic heterocycles. The molecule has 0 saturated carbocycles. The Morgan fingerprint density at radius 1 is 0.949 bits per heavy atom. The number of carbonyl (C=O) groups is 2. The van der Waals surface area contributed by atoms with Crippen molar-refractivity contribution in [1.82, 2.24) is 9.47 Å². The van der Waals surface area contributed by atoms with Crippen molar-refractivity contribution in [2.75, 3.05) is 27.9 Å². The van der Waals surface area contributed by atoms with Crippen LogP contribution < -0.4 is 9.47 Å². The van der Waals surface area contributed by atoms with E-state index in [0.29, 0.717) is 40.2 Å². The molecule has 4 rings (SSSR count). The molecule has 0 saturated heterocycles. The largest absolute Gasteiger partial charge is 0.493 e. The van der Waals surface area contributed by atoms with Crippen LogP contribution in [0.25, 0.3) is 11.8 Å². The van der Waals surface area contributed by atoms with Crippen molar-refractivity contribution >= 4 is 41.2 Å². The van der Waals surface area contributed by atoms with Gasteiger partial charge in [0.15, 0.2) is 11.5 Å².